The highest BCUT2D eigenvalue weighted by atomic mass is 16.5. The zero-order valence-corrected chi connectivity index (χ0v) is 23.1. The number of pyridine rings is 1. The van der Waals surface area contributed by atoms with Crippen LogP contribution in [0.2, 0.25) is 0 Å². The third-order valence-electron chi connectivity index (χ3n) is 8.65. The van der Waals surface area contributed by atoms with Gasteiger partial charge in [-0.3, -0.25) is 19.2 Å². The minimum atomic E-state index is -1.53. The summed E-state index contributed by atoms with van der Waals surface area (Å²) in [6.07, 6.45) is 3.16. The highest BCUT2D eigenvalue weighted by Crippen LogP contribution is 2.45. The van der Waals surface area contributed by atoms with Crippen molar-refractivity contribution in [2.45, 2.75) is 70.2 Å². The molecule has 6 atom stereocenters. The number of likely N-dealkylation sites (tertiary alicyclic amines) is 2. The second-order valence-corrected chi connectivity index (χ2v) is 12.2. The average Bonchev–Trinajstić information content (AvgIpc) is 3.60. The molecule has 3 aliphatic heterocycles. The molecule has 216 valence electrons. The third kappa shape index (κ3) is 4.60. The molecule has 1 spiro atoms. The monoisotopic (exact) mass is 556 g/mol. The number of carbonyl (C=O) groups is 5. The summed E-state index contributed by atoms with van der Waals surface area (Å²) in [6, 6.07) is 0.364. The molecule has 0 unspecified atom stereocenters. The molecule has 4 heterocycles. The zero-order chi connectivity index (χ0) is 29.0. The summed E-state index contributed by atoms with van der Waals surface area (Å²) in [4.78, 5) is 73.3. The van der Waals surface area contributed by atoms with Crippen molar-refractivity contribution in [3.63, 3.8) is 0 Å². The smallest absolute Gasteiger partial charge is 0.407 e. The SMILES string of the molecule is COC(=O)N[C@H](C(=O)N1C[C@@H]2CCC[C@@H]2[C@H]1C(=O)N1C[C@@]2(C[C@H]1C(N)=O)Oc1cccnc1NC2=O)C(C)(C)C. The van der Waals surface area contributed by atoms with Crippen molar-refractivity contribution < 1.29 is 33.4 Å². The molecule has 1 aromatic rings. The van der Waals surface area contributed by atoms with Gasteiger partial charge in [-0.05, 0) is 42.2 Å². The van der Waals surface area contributed by atoms with E-state index in [1.165, 1.54) is 23.1 Å². The molecule has 2 saturated heterocycles. The topological polar surface area (TPSA) is 173 Å². The second-order valence-electron chi connectivity index (χ2n) is 12.2. The lowest BCUT2D eigenvalue weighted by atomic mass is 9.85. The van der Waals surface area contributed by atoms with E-state index in [2.05, 4.69) is 15.6 Å². The van der Waals surface area contributed by atoms with E-state index in [0.29, 0.717) is 12.3 Å². The Hall–Kier alpha value is -3.90. The molecule has 0 radical (unpaired) electrons. The van der Waals surface area contributed by atoms with Gasteiger partial charge in [0, 0.05) is 19.2 Å². The molecule has 5 rings (SSSR count). The molecule has 40 heavy (non-hydrogen) atoms. The minimum Gasteiger partial charge on any atom is -0.472 e. The number of nitrogens with two attached hydrogens (primary N) is 1. The number of anilines is 1. The number of hydrogen-bond acceptors (Lipinski definition) is 8. The van der Waals surface area contributed by atoms with Crippen LogP contribution in [0, 0.1) is 17.3 Å². The number of aromatic nitrogens is 1. The van der Waals surface area contributed by atoms with E-state index in [-0.39, 0.29) is 30.6 Å². The second kappa shape index (κ2) is 9.93. The predicted octanol–water partition coefficient (Wildman–Crippen LogP) is 0.635. The summed E-state index contributed by atoms with van der Waals surface area (Å²) in [7, 11) is 1.22. The van der Waals surface area contributed by atoms with E-state index in [1.54, 1.807) is 12.1 Å². The molecule has 0 bridgehead atoms. The Kier molecular flexibility index (Phi) is 6.87. The first kappa shape index (κ1) is 27.7. The number of nitrogens with one attached hydrogen (secondary N) is 2. The van der Waals surface area contributed by atoms with Gasteiger partial charge in [0.05, 0.1) is 13.7 Å². The van der Waals surface area contributed by atoms with Gasteiger partial charge >= 0.3 is 6.09 Å². The average molecular weight is 557 g/mol. The molecule has 1 saturated carbocycles. The summed E-state index contributed by atoms with van der Waals surface area (Å²) in [5.41, 5.74) is 3.54. The van der Waals surface area contributed by atoms with Crippen LogP contribution in [0.1, 0.15) is 46.5 Å². The fraction of sp³-hybridized carbons (Fsp3) is 0.630. The van der Waals surface area contributed by atoms with E-state index in [4.69, 9.17) is 15.2 Å². The number of alkyl carbamates (subject to hydrolysis) is 1. The minimum absolute atomic E-state index is 0.104. The first-order chi connectivity index (χ1) is 18.9. The van der Waals surface area contributed by atoms with Crippen LogP contribution in [0.15, 0.2) is 18.3 Å². The van der Waals surface area contributed by atoms with Crippen molar-refractivity contribution in [1.29, 1.82) is 0 Å². The maximum atomic E-state index is 14.4. The van der Waals surface area contributed by atoms with E-state index >= 15 is 0 Å². The van der Waals surface area contributed by atoms with Crippen LogP contribution in [0.4, 0.5) is 10.6 Å². The first-order valence-electron chi connectivity index (χ1n) is 13.6. The molecule has 4 N–H and O–H groups in total. The predicted molar refractivity (Wildman–Crippen MR) is 141 cm³/mol. The number of ether oxygens (including phenoxy) is 2. The van der Waals surface area contributed by atoms with E-state index in [1.807, 2.05) is 20.8 Å². The fourth-order valence-corrected chi connectivity index (χ4v) is 6.65. The molecular formula is C27H36N6O7. The standard InChI is InChI=1S/C27H36N6O7/c1-26(2,3)19(30-25(38)39-4)23(36)32-12-14-7-5-8-15(14)18(32)22(35)33-13-27(11-16(33)20(28)34)24(37)31-21-17(40-27)9-6-10-29-21/h6,9-10,14-16,18-19H,5,7-8,11-13H2,1-4H3,(H2,28,34)(H,30,38)(H,29,31,37)/t14-,15-,16-,18-,19+,27+/m0/s1. The van der Waals surface area contributed by atoms with Crippen LogP contribution < -0.4 is 21.1 Å². The Morgan fingerprint density at radius 1 is 1.25 bits per heavy atom. The van der Waals surface area contributed by atoms with Crippen LogP contribution in [-0.4, -0.2) is 88.4 Å². The fourth-order valence-electron chi connectivity index (χ4n) is 6.65. The Balaban J connectivity index is 1.47. The number of methoxy groups -OCH3 is 1. The molecule has 13 heteroatoms. The van der Waals surface area contributed by atoms with Crippen molar-refractivity contribution in [3.8, 4) is 5.75 Å². The molecule has 5 amide bonds. The summed E-state index contributed by atoms with van der Waals surface area (Å²) in [6.45, 7) is 5.60. The summed E-state index contributed by atoms with van der Waals surface area (Å²) in [5, 5.41) is 5.36. The molecular weight excluding hydrogens is 520 g/mol. The number of amides is 5. The van der Waals surface area contributed by atoms with Crippen molar-refractivity contribution >= 4 is 35.5 Å². The summed E-state index contributed by atoms with van der Waals surface area (Å²) >= 11 is 0. The maximum Gasteiger partial charge on any atom is 0.407 e. The van der Waals surface area contributed by atoms with E-state index < -0.39 is 58.9 Å². The quantitative estimate of drug-likeness (QED) is 0.484. The van der Waals surface area contributed by atoms with Crippen LogP contribution in [0.3, 0.4) is 0 Å². The van der Waals surface area contributed by atoms with Crippen LogP contribution in [0.5, 0.6) is 5.75 Å². The van der Waals surface area contributed by atoms with E-state index in [9.17, 15) is 24.0 Å². The van der Waals surface area contributed by atoms with Gasteiger partial charge in [-0.1, -0.05) is 27.2 Å². The first-order valence-corrected chi connectivity index (χ1v) is 13.6. The van der Waals surface area contributed by atoms with Gasteiger partial charge in [-0.15, -0.1) is 0 Å². The lowest BCUT2D eigenvalue weighted by molar-refractivity contribution is -0.149. The Morgan fingerprint density at radius 3 is 2.67 bits per heavy atom. The Bertz CT molecular complexity index is 1250. The number of fused-ring (bicyclic) bond motifs is 2. The van der Waals surface area contributed by atoms with Crippen molar-refractivity contribution in [2.75, 3.05) is 25.5 Å². The van der Waals surface area contributed by atoms with Crippen LogP contribution >= 0.6 is 0 Å². The number of nitrogens with zero attached hydrogens (tertiary/aromatic N) is 3. The largest absolute Gasteiger partial charge is 0.472 e. The molecule has 0 aromatic carbocycles. The summed E-state index contributed by atoms with van der Waals surface area (Å²) < 4.78 is 10.9. The summed E-state index contributed by atoms with van der Waals surface area (Å²) in [5.74, 6) is -1.57. The highest BCUT2D eigenvalue weighted by Gasteiger charge is 2.60. The van der Waals surface area contributed by atoms with Gasteiger partial charge in [0.15, 0.2) is 11.6 Å². The molecule has 4 aliphatic rings. The van der Waals surface area contributed by atoms with Crippen LogP contribution in [-0.2, 0) is 23.9 Å². The Morgan fingerprint density at radius 2 is 2.00 bits per heavy atom. The lowest BCUT2D eigenvalue weighted by Crippen LogP contribution is -2.60. The van der Waals surface area contributed by atoms with Gasteiger partial charge in [-0.25, -0.2) is 9.78 Å². The van der Waals surface area contributed by atoms with Gasteiger partial charge in [0.2, 0.25) is 23.3 Å². The third-order valence-corrected chi connectivity index (χ3v) is 8.65. The number of primary amides is 1. The van der Waals surface area contributed by atoms with Gasteiger partial charge in [0.1, 0.15) is 18.1 Å². The van der Waals surface area contributed by atoms with Gasteiger partial charge in [0.25, 0.3) is 5.91 Å². The normalized spacial score (nSPS) is 29.8. The molecule has 13 nitrogen and oxygen atoms in total. The molecule has 3 fully saturated rings. The van der Waals surface area contributed by atoms with E-state index in [0.717, 1.165) is 19.3 Å². The number of rotatable bonds is 4. The van der Waals surface area contributed by atoms with Crippen molar-refractivity contribution in [2.24, 2.45) is 23.0 Å². The van der Waals surface area contributed by atoms with Gasteiger partial charge in [-0.2, -0.15) is 0 Å². The maximum absolute atomic E-state index is 14.4. The Labute approximate surface area is 232 Å². The molecule has 1 aliphatic carbocycles. The molecule has 1 aromatic heterocycles. The number of hydrogen-bond donors (Lipinski definition) is 3. The zero-order valence-electron chi connectivity index (χ0n) is 23.1. The number of carbonyl (C=O) groups excluding carboxylic acids is 5. The van der Waals surface area contributed by atoms with Crippen molar-refractivity contribution in [3.05, 3.63) is 18.3 Å². The highest BCUT2D eigenvalue weighted by molar-refractivity contribution is 6.03. The van der Waals surface area contributed by atoms with Gasteiger partial charge < -0.3 is 35.6 Å². The van der Waals surface area contributed by atoms with Crippen LogP contribution in [0.25, 0.3) is 0 Å². The van der Waals surface area contributed by atoms with Crippen molar-refractivity contribution in [1.82, 2.24) is 20.1 Å². The lowest BCUT2D eigenvalue weighted by Gasteiger charge is -2.38.